The smallest absolute Gasteiger partial charge is 0.233 e. The topological polar surface area (TPSA) is 84.7 Å². The van der Waals surface area contributed by atoms with E-state index in [9.17, 15) is 8.42 Å². The maximum absolute atomic E-state index is 13.2. The van der Waals surface area contributed by atoms with Crippen molar-refractivity contribution in [2.75, 3.05) is 44.7 Å². The summed E-state index contributed by atoms with van der Waals surface area (Å²) in [6, 6.07) is 15.1. The Bertz CT molecular complexity index is 1100. The number of halogens is 1. The van der Waals surface area contributed by atoms with Crippen LogP contribution in [0.4, 0.5) is 5.88 Å². The van der Waals surface area contributed by atoms with Crippen molar-refractivity contribution in [1.29, 1.82) is 0 Å². The molecule has 2 heterocycles. The van der Waals surface area contributed by atoms with Crippen molar-refractivity contribution in [3.63, 3.8) is 0 Å². The molecular formula is C22H24ClN3O4S. The third kappa shape index (κ3) is 5.27. The average molecular weight is 462 g/mol. The van der Waals surface area contributed by atoms with E-state index < -0.39 is 9.84 Å². The average Bonchev–Trinajstić information content (AvgIpc) is 3.24. The van der Waals surface area contributed by atoms with Gasteiger partial charge in [0.25, 0.3) is 0 Å². The van der Waals surface area contributed by atoms with Gasteiger partial charge in [-0.1, -0.05) is 29.8 Å². The number of hydrogen-bond acceptors (Lipinski definition) is 7. The summed E-state index contributed by atoms with van der Waals surface area (Å²) in [5.41, 5.74) is 0.648. The Kier molecular flexibility index (Phi) is 6.92. The van der Waals surface area contributed by atoms with Crippen LogP contribution >= 0.6 is 11.6 Å². The van der Waals surface area contributed by atoms with E-state index in [1.807, 2.05) is 0 Å². The summed E-state index contributed by atoms with van der Waals surface area (Å²) < 4.78 is 37.7. The van der Waals surface area contributed by atoms with Crippen LogP contribution in [0.25, 0.3) is 11.5 Å². The molecule has 0 amide bonds. The fourth-order valence-corrected chi connectivity index (χ4v) is 4.78. The fraction of sp³-hybridized carbons (Fsp3) is 0.318. The molecule has 0 aliphatic carbocycles. The summed E-state index contributed by atoms with van der Waals surface area (Å²) in [7, 11) is -3.84. The SMILES string of the molecule is O=S(=O)(c1ccccc1)c1nc(-c2ccc(Cl)cc2)oc1NCCCN1CCOCC1. The molecule has 7 nitrogen and oxygen atoms in total. The Labute approximate surface area is 186 Å². The Morgan fingerprint density at radius 1 is 1.03 bits per heavy atom. The van der Waals surface area contributed by atoms with Gasteiger partial charge >= 0.3 is 0 Å². The summed E-state index contributed by atoms with van der Waals surface area (Å²) in [6.07, 6.45) is 0.835. The Morgan fingerprint density at radius 2 is 1.74 bits per heavy atom. The first-order valence-corrected chi connectivity index (χ1v) is 12.0. The van der Waals surface area contributed by atoms with Crippen LogP contribution in [0.5, 0.6) is 0 Å². The van der Waals surface area contributed by atoms with Gasteiger partial charge in [0, 0.05) is 30.2 Å². The second-order valence-electron chi connectivity index (χ2n) is 7.21. The normalized spacial score (nSPS) is 15.1. The van der Waals surface area contributed by atoms with Gasteiger partial charge in [0.15, 0.2) is 0 Å². The van der Waals surface area contributed by atoms with Crippen LogP contribution in [0, 0.1) is 0 Å². The first-order valence-electron chi connectivity index (χ1n) is 10.1. The van der Waals surface area contributed by atoms with Crippen molar-refractivity contribution in [2.45, 2.75) is 16.3 Å². The zero-order valence-corrected chi connectivity index (χ0v) is 18.5. The summed E-state index contributed by atoms with van der Waals surface area (Å²) in [4.78, 5) is 6.83. The number of benzene rings is 2. The molecule has 1 aromatic heterocycles. The van der Waals surface area contributed by atoms with E-state index in [0.717, 1.165) is 39.3 Å². The van der Waals surface area contributed by atoms with Crippen LogP contribution in [0.2, 0.25) is 5.02 Å². The van der Waals surface area contributed by atoms with E-state index in [4.69, 9.17) is 20.8 Å². The lowest BCUT2D eigenvalue weighted by molar-refractivity contribution is 0.0378. The van der Waals surface area contributed by atoms with E-state index in [1.54, 1.807) is 54.6 Å². The van der Waals surface area contributed by atoms with Crippen LogP contribution in [-0.2, 0) is 14.6 Å². The third-order valence-corrected chi connectivity index (χ3v) is 6.97. The van der Waals surface area contributed by atoms with Gasteiger partial charge in [0.1, 0.15) is 0 Å². The lowest BCUT2D eigenvalue weighted by Gasteiger charge is -2.26. The number of rotatable bonds is 8. The highest BCUT2D eigenvalue weighted by Crippen LogP contribution is 2.32. The van der Waals surface area contributed by atoms with Crippen molar-refractivity contribution in [3.05, 3.63) is 59.6 Å². The number of morpholine rings is 1. The van der Waals surface area contributed by atoms with Crippen molar-refractivity contribution in [1.82, 2.24) is 9.88 Å². The number of nitrogens with one attached hydrogen (secondary N) is 1. The minimum absolute atomic E-state index is 0.116. The Morgan fingerprint density at radius 3 is 2.45 bits per heavy atom. The molecule has 1 aliphatic heterocycles. The number of nitrogens with zero attached hydrogens (tertiary/aromatic N) is 2. The predicted octanol–water partition coefficient (Wildman–Crippen LogP) is 3.96. The van der Waals surface area contributed by atoms with Crippen molar-refractivity contribution in [3.8, 4) is 11.5 Å². The van der Waals surface area contributed by atoms with Crippen molar-refractivity contribution >= 4 is 27.3 Å². The molecule has 3 aromatic rings. The first-order chi connectivity index (χ1) is 15.0. The van der Waals surface area contributed by atoms with Crippen LogP contribution < -0.4 is 5.32 Å². The maximum Gasteiger partial charge on any atom is 0.233 e. The van der Waals surface area contributed by atoms with Gasteiger partial charge in [0.2, 0.25) is 26.6 Å². The van der Waals surface area contributed by atoms with E-state index in [0.29, 0.717) is 17.1 Å². The molecule has 0 atom stereocenters. The van der Waals surface area contributed by atoms with Crippen molar-refractivity contribution < 1.29 is 17.6 Å². The zero-order chi connectivity index (χ0) is 21.7. The molecule has 1 N–H and O–H groups in total. The van der Waals surface area contributed by atoms with Crippen LogP contribution in [0.3, 0.4) is 0 Å². The number of hydrogen-bond donors (Lipinski definition) is 1. The largest absolute Gasteiger partial charge is 0.419 e. The van der Waals surface area contributed by atoms with E-state index in [2.05, 4.69) is 15.2 Å². The van der Waals surface area contributed by atoms with Gasteiger partial charge in [-0.05, 0) is 49.4 Å². The maximum atomic E-state index is 13.2. The number of ether oxygens (including phenoxy) is 1. The van der Waals surface area contributed by atoms with Crippen LogP contribution in [0.15, 0.2) is 68.9 Å². The van der Waals surface area contributed by atoms with Gasteiger partial charge in [-0.25, -0.2) is 8.42 Å². The first kappa shape index (κ1) is 21.8. The second kappa shape index (κ2) is 9.82. The molecule has 1 fully saturated rings. The van der Waals surface area contributed by atoms with Crippen LogP contribution in [-0.4, -0.2) is 57.7 Å². The van der Waals surface area contributed by atoms with E-state index in [-0.39, 0.29) is 21.7 Å². The summed E-state index contributed by atoms with van der Waals surface area (Å²) in [5.74, 6) is 0.373. The summed E-state index contributed by atoms with van der Waals surface area (Å²) in [5, 5.41) is 3.60. The van der Waals surface area contributed by atoms with Crippen LogP contribution in [0.1, 0.15) is 6.42 Å². The summed E-state index contributed by atoms with van der Waals surface area (Å²) in [6.45, 7) is 4.78. The molecular weight excluding hydrogens is 438 g/mol. The van der Waals surface area contributed by atoms with E-state index in [1.165, 1.54) is 0 Å². The van der Waals surface area contributed by atoms with Gasteiger partial charge in [-0.2, -0.15) is 4.98 Å². The molecule has 1 aliphatic rings. The highest BCUT2D eigenvalue weighted by Gasteiger charge is 2.28. The quantitative estimate of drug-likeness (QED) is 0.508. The molecule has 9 heteroatoms. The van der Waals surface area contributed by atoms with Gasteiger partial charge in [0.05, 0.1) is 18.1 Å². The molecule has 0 unspecified atom stereocenters. The fourth-order valence-electron chi connectivity index (χ4n) is 3.36. The second-order valence-corrected chi connectivity index (χ2v) is 9.51. The minimum Gasteiger partial charge on any atom is -0.419 e. The summed E-state index contributed by atoms with van der Waals surface area (Å²) >= 11 is 5.97. The molecule has 164 valence electrons. The minimum atomic E-state index is -3.84. The molecule has 0 spiro atoms. The van der Waals surface area contributed by atoms with Gasteiger partial charge < -0.3 is 14.5 Å². The number of oxazole rings is 1. The third-order valence-electron chi connectivity index (χ3n) is 5.04. The highest BCUT2D eigenvalue weighted by atomic mass is 35.5. The molecule has 31 heavy (non-hydrogen) atoms. The number of sulfone groups is 1. The van der Waals surface area contributed by atoms with Gasteiger partial charge in [-0.3, -0.25) is 4.90 Å². The lowest BCUT2D eigenvalue weighted by atomic mass is 10.2. The van der Waals surface area contributed by atoms with Crippen molar-refractivity contribution in [2.24, 2.45) is 0 Å². The Balaban J connectivity index is 1.57. The zero-order valence-electron chi connectivity index (χ0n) is 17.0. The standard InChI is InChI=1S/C22H24ClN3O4S/c23-18-9-7-17(8-10-18)20-25-22(31(27,28)19-5-2-1-3-6-19)21(30-20)24-11-4-12-26-13-15-29-16-14-26/h1-3,5-10,24H,4,11-16H2. The lowest BCUT2D eigenvalue weighted by Crippen LogP contribution is -2.37. The molecule has 1 saturated heterocycles. The van der Waals surface area contributed by atoms with Gasteiger partial charge in [-0.15, -0.1) is 0 Å². The molecule has 4 rings (SSSR count). The molecule has 0 radical (unpaired) electrons. The molecule has 2 aromatic carbocycles. The number of aromatic nitrogens is 1. The Hall–Kier alpha value is -2.39. The predicted molar refractivity (Wildman–Crippen MR) is 119 cm³/mol. The number of anilines is 1. The highest BCUT2D eigenvalue weighted by molar-refractivity contribution is 7.91. The molecule has 0 bridgehead atoms. The monoisotopic (exact) mass is 461 g/mol. The van der Waals surface area contributed by atoms with E-state index >= 15 is 0 Å². The molecule has 0 saturated carbocycles.